The third-order valence-electron chi connectivity index (χ3n) is 6.11. The summed E-state index contributed by atoms with van der Waals surface area (Å²) in [5.74, 6) is 2.42. The first kappa shape index (κ1) is 22.9. The van der Waals surface area contributed by atoms with E-state index >= 15 is 0 Å². The second-order valence-corrected chi connectivity index (χ2v) is 10.0. The van der Waals surface area contributed by atoms with Gasteiger partial charge in [0.15, 0.2) is 5.82 Å². The highest BCUT2D eigenvalue weighted by atomic mass is 35.5. The van der Waals surface area contributed by atoms with Crippen molar-refractivity contribution in [3.8, 4) is 5.00 Å². The Kier molecular flexibility index (Phi) is 6.35. The largest absolute Gasteiger partial charge is 0.379 e. The molecule has 2 atom stereocenters. The number of H-pyrrole nitrogens is 1. The zero-order chi connectivity index (χ0) is 23.8. The molecule has 8 nitrogen and oxygen atoms in total. The average Bonchev–Trinajstić information content (AvgIpc) is 3.52. The maximum atomic E-state index is 10.6. The van der Waals surface area contributed by atoms with Gasteiger partial charge in [0, 0.05) is 46.4 Å². The van der Waals surface area contributed by atoms with Crippen LogP contribution in [0.15, 0.2) is 41.7 Å². The van der Waals surface area contributed by atoms with Gasteiger partial charge in [0.1, 0.15) is 28.9 Å². The Bertz CT molecular complexity index is 1320. The van der Waals surface area contributed by atoms with E-state index in [9.17, 15) is 5.11 Å². The minimum absolute atomic E-state index is 0.329. The van der Waals surface area contributed by atoms with Crippen molar-refractivity contribution >= 4 is 28.6 Å². The molecule has 0 saturated carbocycles. The van der Waals surface area contributed by atoms with Gasteiger partial charge in [-0.25, -0.2) is 4.98 Å². The molecule has 0 aliphatic carbocycles. The van der Waals surface area contributed by atoms with E-state index in [4.69, 9.17) is 16.6 Å². The average molecular weight is 496 g/mol. The van der Waals surface area contributed by atoms with Crippen LogP contribution in [-0.4, -0.2) is 48.3 Å². The van der Waals surface area contributed by atoms with Gasteiger partial charge >= 0.3 is 0 Å². The molecule has 1 aromatic carbocycles. The van der Waals surface area contributed by atoms with Gasteiger partial charge < -0.3 is 10.1 Å². The summed E-state index contributed by atoms with van der Waals surface area (Å²) in [6.45, 7) is 6.64. The first-order chi connectivity index (χ1) is 16.4. The van der Waals surface area contributed by atoms with Gasteiger partial charge in [-0.2, -0.15) is 0 Å². The van der Waals surface area contributed by atoms with E-state index in [1.807, 2.05) is 31.2 Å². The number of rotatable bonds is 7. The minimum atomic E-state index is -0.696. The van der Waals surface area contributed by atoms with E-state index in [0.717, 1.165) is 39.3 Å². The minimum Gasteiger partial charge on any atom is -0.379 e. The molecule has 0 amide bonds. The van der Waals surface area contributed by atoms with Crippen molar-refractivity contribution in [1.82, 2.24) is 30.0 Å². The number of nitrogens with one attached hydrogen (secondary N) is 2. The fraction of sp³-hybridized carbons (Fsp3) is 0.333. The second kappa shape index (κ2) is 9.42. The third kappa shape index (κ3) is 4.32. The molecular weight excluding hydrogens is 470 g/mol. The zero-order valence-corrected chi connectivity index (χ0v) is 20.8. The molecule has 0 bridgehead atoms. The molecule has 3 aromatic heterocycles. The van der Waals surface area contributed by atoms with Crippen LogP contribution in [0, 0.1) is 20.8 Å². The van der Waals surface area contributed by atoms with Crippen LogP contribution < -0.4 is 5.32 Å². The molecule has 176 valence electrons. The number of aliphatic imine (C=N–C) groups is 1. The molecule has 0 fully saturated rings. The normalized spacial score (nSPS) is 16.0. The lowest BCUT2D eigenvalue weighted by atomic mass is 10.00. The highest BCUT2D eigenvalue weighted by molar-refractivity contribution is 7.15. The van der Waals surface area contributed by atoms with Crippen molar-refractivity contribution in [2.24, 2.45) is 4.99 Å². The van der Waals surface area contributed by atoms with Gasteiger partial charge in [-0.1, -0.05) is 23.7 Å². The van der Waals surface area contributed by atoms with Crippen LogP contribution in [0.1, 0.15) is 51.5 Å². The first-order valence-electron chi connectivity index (χ1n) is 11.2. The standard InChI is InChI=1S/C24H26ClN7OS/c1-13-14(2)34-24-21(13)22(16-4-6-17(25)7-5-16)29-18(23-31-30-15(3)32(23)24)12-28-20(33)9-8-19-26-10-11-27-19/h4-7,10-11,18,20,28,33H,8-9,12H2,1-3H3,(H,26,27). The second-order valence-electron chi connectivity index (χ2n) is 8.40. The number of benzene rings is 1. The topological polar surface area (TPSA) is 104 Å². The smallest absolute Gasteiger partial charge is 0.164 e. The summed E-state index contributed by atoms with van der Waals surface area (Å²) in [5, 5.41) is 24.4. The highest BCUT2D eigenvalue weighted by Crippen LogP contribution is 2.38. The number of aromatic nitrogens is 5. The van der Waals surface area contributed by atoms with Crippen LogP contribution >= 0.6 is 22.9 Å². The number of aliphatic hydroxyl groups is 1. The summed E-state index contributed by atoms with van der Waals surface area (Å²) >= 11 is 7.89. The van der Waals surface area contributed by atoms with Crippen LogP contribution in [0.3, 0.4) is 0 Å². The van der Waals surface area contributed by atoms with E-state index in [1.165, 1.54) is 10.4 Å². The Labute approximate surface area is 206 Å². The lowest BCUT2D eigenvalue weighted by Gasteiger charge is -2.17. The first-order valence-corrected chi connectivity index (χ1v) is 12.4. The molecular formula is C24H26ClN7OS. The van der Waals surface area contributed by atoms with E-state index in [1.54, 1.807) is 23.7 Å². The van der Waals surface area contributed by atoms with Crippen LogP contribution in [0.4, 0.5) is 0 Å². The molecule has 1 aliphatic heterocycles. The van der Waals surface area contributed by atoms with Crippen molar-refractivity contribution in [2.45, 2.75) is 45.9 Å². The Balaban J connectivity index is 1.51. The van der Waals surface area contributed by atoms with E-state index in [0.29, 0.717) is 24.4 Å². The van der Waals surface area contributed by atoms with Crippen molar-refractivity contribution in [1.29, 1.82) is 0 Å². The number of hydrogen-bond donors (Lipinski definition) is 3. The number of imidazole rings is 1. The summed E-state index contributed by atoms with van der Waals surface area (Å²) < 4.78 is 2.11. The van der Waals surface area contributed by atoms with Crippen molar-refractivity contribution in [2.75, 3.05) is 6.54 Å². The molecule has 0 saturated heterocycles. The fourth-order valence-corrected chi connectivity index (χ4v) is 5.53. The predicted octanol–water partition coefficient (Wildman–Crippen LogP) is 4.06. The Morgan fingerprint density at radius 1 is 1.21 bits per heavy atom. The monoisotopic (exact) mass is 495 g/mol. The highest BCUT2D eigenvalue weighted by Gasteiger charge is 2.31. The molecule has 4 heterocycles. The fourth-order valence-electron chi connectivity index (χ4n) is 4.19. The van der Waals surface area contributed by atoms with Crippen LogP contribution in [0.25, 0.3) is 5.00 Å². The Morgan fingerprint density at radius 3 is 2.74 bits per heavy atom. The molecule has 4 aromatic rings. The maximum Gasteiger partial charge on any atom is 0.164 e. The molecule has 0 radical (unpaired) electrons. The number of aryl methyl sites for hydroxylation is 3. The molecule has 34 heavy (non-hydrogen) atoms. The zero-order valence-electron chi connectivity index (χ0n) is 19.2. The summed E-state index contributed by atoms with van der Waals surface area (Å²) in [7, 11) is 0. The van der Waals surface area contributed by atoms with Crippen LogP contribution in [-0.2, 0) is 6.42 Å². The number of nitrogens with zero attached hydrogens (tertiary/aromatic N) is 5. The summed E-state index contributed by atoms with van der Waals surface area (Å²) in [5.41, 5.74) is 4.18. The van der Waals surface area contributed by atoms with Gasteiger partial charge in [-0.05, 0) is 44.9 Å². The predicted molar refractivity (Wildman–Crippen MR) is 134 cm³/mol. The molecule has 2 unspecified atom stereocenters. The number of aliphatic hydroxyl groups excluding tert-OH is 1. The number of halogens is 1. The summed E-state index contributed by atoms with van der Waals surface area (Å²) in [6, 6.07) is 7.44. The van der Waals surface area contributed by atoms with E-state index in [2.05, 4.69) is 43.9 Å². The summed E-state index contributed by atoms with van der Waals surface area (Å²) in [6.07, 6.45) is 3.98. The van der Waals surface area contributed by atoms with E-state index < -0.39 is 6.23 Å². The molecule has 5 rings (SSSR count). The maximum absolute atomic E-state index is 10.6. The number of thiophene rings is 1. The van der Waals surface area contributed by atoms with Gasteiger partial charge in [0.25, 0.3) is 0 Å². The Morgan fingerprint density at radius 2 is 2.00 bits per heavy atom. The van der Waals surface area contributed by atoms with E-state index in [-0.39, 0.29) is 6.04 Å². The van der Waals surface area contributed by atoms with Crippen LogP contribution in [0.5, 0.6) is 0 Å². The Hall–Kier alpha value is -2.85. The number of hydrogen-bond acceptors (Lipinski definition) is 7. The van der Waals surface area contributed by atoms with Crippen molar-refractivity contribution < 1.29 is 5.11 Å². The number of fused-ring (bicyclic) bond motifs is 3. The lowest BCUT2D eigenvalue weighted by molar-refractivity contribution is 0.125. The van der Waals surface area contributed by atoms with Gasteiger partial charge in [0.05, 0.1) is 5.71 Å². The quantitative estimate of drug-likeness (QED) is 0.335. The number of aromatic amines is 1. The lowest BCUT2D eigenvalue weighted by Crippen LogP contribution is -2.33. The molecule has 3 N–H and O–H groups in total. The summed E-state index contributed by atoms with van der Waals surface area (Å²) in [4.78, 5) is 13.7. The molecule has 0 spiro atoms. The molecule has 10 heteroatoms. The van der Waals surface area contributed by atoms with Crippen LogP contribution in [0.2, 0.25) is 5.02 Å². The van der Waals surface area contributed by atoms with Gasteiger partial charge in [0.2, 0.25) is 0 Å². The van der Waals surface area contributed by atoms with Gasteiger partial charge in [-0.15, -0.1) is 21.5 Å². The molecule has 1 aliphatic rings. The SMILES string of the molecule is Cc1sc2c(c1C)C(c1ccc(Cl)cc1)=NC(CNC(O)CCc1ncc[nH]1)c1nnc(C)n1-2. The van der Waals surface area contributed by atoms with Crippen molar-refractivity contribution in [3.63, 3.8) is 0 Å². The third-order valence-corrected chi connectivity index (χ3v) is 7.56. The van der Waals surface area contributed by atoms with Crippen molar-refractivity contribution in [3.05, 3.63) is 80.7 Å². The van der Waals surface area contributed by atoms with Gasteiger partial charge in [-0.3, -0.25) is 14.9 Å².